The predicted molar refractivity (Wildman–Crippen MR) is 71.5 cm³/mol. The summed E-state index contributed by atoms with van der Waals surface area (Å²) in [6, 6.07) is 11.1. The van der Waals surface area contributed by atoms with Crippen LogP contribution >= 0.6 is 11.6 Å². The summed E-state index contributed by atoms with van der Waals surface area (Å²) in [5, 5.41) is 0. The smallest absolute Gasteiger partial charge is 0.219 e. The second-order valence-electron chi connectivity index (χ2n) is 3.64. The molecule has 18 heavy (non-hydrogen) atoms. The van der Waals surface area contributed by atoms with E-state index in [2.05, 4.69) is 4.98 Å². The molecule has 1 aromatic carbocycles. The van der Waals surface area contributed by atoms with E-state index in [1.54, 1.807) is 6.20 Å². The number of alkyl halides is 1. The van der Waals surface area contributed by atoms with Gasteiger partial charge in [0, 0.05) is 18.1 Å². The van der Waals surface area contributed by atoms with Crippen molar-refractivity contribution in [3.63, 3.8) is 0 Å². The van der Waals surface area contributed by atoms with E-state index in [0.29, 0.717) is 18.4 Å². The molecule has 4 heteroatoms. The zero-order chi connectivity index (χ0) is 12.8. The van der Waals surface area contributed by atoms with Gasteiger partial charge in [-0.25, -0.2) is 4.98 Å². The van der Waals surface area contributed by atoms with Crippen LogP contribution in [0.1, 0.15) is 12.5 Å². The Hall–Kier alpha value is -1.74. The Morgan fingerprint density at radius 1 is 1.11 bits per heavy atom. The van der Waals surface area contributed by atoms with Crippen molar-refractivity contribution in [2.75, 3.05) is 6.61 Å². The Morgan fingerprint density at radius 3 is 2.50 bits per heavy atom. The Labute approximate surface area is 111 Å². The summed E-state index contributed by atoms with van der Waals surface area (Å²) < 4.78 is 11.0. The number of ether oxygens (including phenoxy) is 2. The summed E-state index contributed by atoms with van der Waals surface area (Å²) in [4.78, 5) is 4.13. The molecule has 3 nitrogen and oxygen atoms in total. The zero-order valence-electron chi connectivity index (χ0n) is 10.1. The number of benzene rings is 1. The Kier molecular flexibility index (Phi) is 4.42. The SMILES string of the molecule is CCOc1ccc(Oc2cc(CCl)ccn2)cc1. The summed E-state index contributed by atoms with van der Waals surface area (Å²) in [6.07, 6.45) is 1.68. The molecule has 0 aliphatic carbocycles. The molecule has 0 amide bonds. The van der Waals surface area contributed by atoms with Crippen molar-refractivity contribution in [2.45, 2.75) is 12.8 Å². The van der Waals surface area contributed by atoms with Crippen LogP contribution in [0.4, 0.5) is 0 Å². The molecule has 1 aromatic heterocycles. The average molecular weight is 264 g/mol. The number of pyridine rings is 1. The molecule has 1 heterocycles. The van der Waals surface area contributed by atoms with E-state index in [-0.39, 0.29) is 0 Å². The maximum absolute atomic E-state index is 5.76. The van der Waals surface area contributed by atoms with Gasteiger partial charge in [-0.05, 0) is 42.8 Å². The Bertz CT molecular complexity index is 499. The first kappa shape index (κ1) is 12.7. The van der Waals surface area contributed by atoms with Crippen LogP contribution in [0.15, 0.2) is 42.6 Å². The lowest BCUT2D eigenvalue weighted by molar-refractivity contribution is 0.339. The molecule has 0 aliphatic rings. The highest BCUT2D eigenvalue weighted by molar-refractivity contribution is 6.17. The molecule has 2 rings (SSSR count). The van der Waals surface area contributed by atoms with Gasteiger partial charge < -0.3 is 9.47 Å². The largest absolute Gasteiger partial charge is 0.494 e. The van der Waals surface area contributed by atoms with E-state index in [1.807, 2.05) is 43.3 Å². The van der Waals surface area contributed by atoms with Crippen LogP contribution in [0.2, 0.25) is 0 Å². The van der Waals surface area contributed by atoms with Gasteiger partial charge in [0.1, 0.15) is 11.5 Å². The first-order valence-electron chi connectivity index (χ1n) is 5.73. The fourth-order valence-corrected chi connectivity index (χ4v) is 1.65. The third-order valence-electron chi connectivity index (χ3n) is 2.31. The lowest BCUT2D eigenvalue weighted by Crippen LogP contribution is -1.92. The molecule has 94 valence electrons. The minimum atomic E-state index is 0.447. The van der Waals surface area contributed by atoms with Crippen LogP contribution in [0, 0.1) is 0 Å². The van der Waals surface area contributed by atoms with E-state index >= 15 is 0 Å². The van der Waals surface area contributed by atoms with Gasteiger partial charge in [-0.3, -0.25) is 0 Å². The van der Waals surface area contributed by atoms with Crippen molar-refractivity contribution in [1.82, 2.24) is 4.98 Å². The highest BCUT2D eigenvalue weighted by Gasteiger charge is 2.00. The van der Waals surface area contributed by atoms with E-state index in [4.69, 9.17) is 21.1 Å². The van der Waals surface area contributed by atoms with Crippen molar-refractivity contribution < 1.29 is 9.47 Å². The molecule has 0 saturated heterocycles. The normalized spacial score (nSPS) is 10.1. The van der Waals surface area contributed by atoms with E-state index in [9.17, 15) is 0 Å². The van der Waals surface area contributed by atoms with Gasteiger partial charge in [-0.1, -0.05) is 0 Å². The minimum absolute atomic E-state index is 0.447. The monoisotopic (exact) mass is 263 g/mol. The Morgan fingerprint density at radius 2 is 1.83 bits per heavy atom. The molecular weight excluding hydrogens is 250 g/mol. The predicted octanol–water partition coefficient (Wildman–Crippen LogP) is 4.01. The number of aromatic nitrogens is 1. The van der Waals surface area contributed by atoms with Gasteiger partial charge in [0.25, 0.3) is 0 Å². The fraction of sp³-hybridized carbons (Fsp3) is 0.214. The van der Waals surface area contributed by atoms with Crippen LogP contribution in [0.25, 0.3) is 0 Å². The average Bonchev–Trinajstić information content (AvgIpc) is 2.42. The molecule has 0 fully saturated rings. The fourth-order valence-electron chi connectivity index (χ4n) is 1.48. The molecule has 0 spiro atoms. The summed E-state index contributed by atoms with van der Waals surface area (Å²) in [5.74, 6) is 2.53. The van der Waals surface area contributed by atoms with Crippen molar-refractivity contribution >= 4 is 11.6 Å². The maximum Gasteiger partial charge on any atom is 0.219 e. The van der Waals surface area contributed by atoms with E-state index < -0.39 is 0 Å². The van der Waals surface area contributed by atoms with Gasteiger partial charge in [-0.15, -0.1) is 11.6 Å². The molecular formula is C14H14ClNO2. The molecule has 0 N–H and O–H groups in total. The number of halogens is 1. The van der Waals surface area contributed by atoms with Crippen molar-refractivity contribution in [2.24, 2.45) is 0 Å². The molecule has 0 unspecified atom stereocenters. The van der Waals surface area contributed by atoms with Crippen LogP contribution in [0.3, 0.4) is 0 Å². The van der Waals surface area contributed by atoms with Gasteiger partial charge in [0.2, 0.25) is 5.88 Å². The van der Waals surface area contributed by atoms with Crippen molar-refractivity contribution in [1.29, 1.82) is 0 Å². The molecule has 2 aromatic rings. The number of hydrogen-bond acceptors (Lipinski definition) is 3. The topological polar surface area (TPSA) is 31.4 Å². The van der Waals surface area contributed by atoms with Crippen molar-refractivity contribution in [3.8, 4) is 17.4 Å². The van der Waals surface area contributed by atoms with Crippen LogP contribution in [-0.2, 0) is 5.88 Å². The number of rotatable bonds is 5. The quantitative estimate of drug-likeness (QED) is 0.764. The van der Waals surface area contributed by atoms with Gasteiger partial charge in [-0.2, -0.15) is 0 Å². The zero-order valence-corrected chi connectivity index (χ0v) is 10.9. The third kappa shape index (κ3) is 3.37. The number of nitrogens with zero attached hydrogens (tertiary/aromatic N) is 1. The molecule has 0 radical (unpaired) electrons. The van der Waals surface area contributed by atoms with Gasteiger partial charge in [0.05, 0.1) is 6.61 Å². The Balaban J connectivity index is 2.08. The maximum atomic E-state index is 5.76. The third-order valence-corrected chi connectivity index (χ3v) is 2.62. The van der Waals surface area contributed by atoms with Crippen LogP contribution < -0.4 is 9.47 Å². The lowest BCUT2D eigenvalue weighted by atomic mass is 10.3. The van der Waals surface area contributed by atoms with Crippen LogP contribution in [-0.4, -0.2) is 11.6 Å². The van der Waals surface area contributed by atoms with E-state index in [0.717, 1.165) is 17.1 Å². The highest BCUT2D eigenvalue weighted by Crippen LogP contribution is 2.23. The lowest BCUT2D eigenvalue weighted by Gasteiger charge is -2.07. The standard InChI is InChI=1S/C14H14ClNO2/c1-2-17-12-3-5-13(6-4-12)18-14-9-11(10-15)7-8-16-14/h3-9H,2,10H2,1H3. The van der Waals surface area contributed by atoms with Crippen molar-refractivity contribution in [3.05, 3.63) is 48.2 Å². The first-order valence-corrected chi connectivity index (χ1v) is 6.27. The number of hydrogen-bond donors (Lipinski definition) is 0. The molecule has 0 bridgehead atoms. The van der Waals surface area contributed by atoms with E-state index in [1.165, 1.54) is 0 Å². The summed E-state index contributed by atoms with van der Waals surface area (Å²) >= 11 is 5.76. The van der Waals surface area contributed by atoms with Gasteiger partial charge in [0.15, 0.2) is 0 Å². The summed E-state index contributed by atoms with van der Waals surface area (Å²) in [6.45, 7) is 2.60. The van der Waals surface area contributed by atoms with Crippen LogP contribution in [0.5, 0.6) is 17.4 Å². The molecule has 0 saturated carbocycles. The second kappa shape index (κ2) is 6.26. The second-order valence-corrected chi connectivity index (χ2v) is 3.91. The molecule has 0 atom stereocenters. The first-order chi connectivity index (χ1) is 8.81. The highest BCUT2D eigenvalue weighted by atomic mass is 35.5. The summed E-state index contributed by atoms with van der Waals surface area (Å²) in [5.41, 5.74) is 0.979. The minimum Gasteiger partial charge on any atom is -0.494 e. The van der Waals surface area contributed by atoms with Gasteiger partial charge >= 0.3 is 0 Å². The molecule has 0 aliphatic heterocycles. The summed E-state index contributed by atoms with van der Waals surface area (Å²) in [7, 11) is 0.